The second-order valence-electron chi connectivity index (χ2n) is 8.52. The minimum atomic E-state index is -0.445. The molecule has 0 aliphatic carbocycles. The van der Waals surface area contributed by atoms with Gasteiger partial charge in [-0.1, -0.05) is 29.5 Å². The molecule has 0 saturated carbocycles. The summed E-state index contributed by atoms with van der Waals surface area (Å²) in [5, 5.41) is 20.3. The van der Waals surface area contributed by atoms with E-state index in [-0.39, 0.29) is 11.2 Å². The summed E-state index contributed by atoms with van der Waals surface area (Å²) in [5.74, 6) is 1.21. The smallest absolute Gasteiger partial charge is 0.291 e. The summed E-state index contributed by atoms with van der Waals surface area (Å²) in [6.07, 6.45) is 3.58. The Kier molecular flexibility index (Phi) is 6.17. The maximum atomic E-state index is 13.3. The molecule has 0 atom stereocenters. The molecule has 3 aromatic carbocycles. The Hall–Kier alpha value is -5.16. The van der Waals surface area contributed by atoms with Gasteiger partial charge in [-0.3, -0.25) is 14.9 Å². The summed E-state index contributed by atoms with van der Waals surface area (Å²) in [5.41, 5.74) is 3.27. The van der Waals surface area contributed by atoms with Gasteiger partial charge < -0.3 is 4.74 Å². The first-order valence-electron chi connectivity index (χ1n) is 12.0. The molecule has 39 heavy (non-hydrogen) atoms. The van der Waals surface area contributed by atoms with Gasteiger partial charge in [0.1, 0.15) is 11.4 Å². The van der Waals surface area contributed by atoms with Gasteiger partial charge in [0.15, 0.2) is 5.82 Å². The molecule has 0 fully saturated rings. The first-order chi connectivity index (χ1) is 19.0. The number of aromatic nitrogens is 5. The van der Waals surface area contributed by atoms with Crippen molar-refractivity contribution < 1.29 is 9.66 Å². The van der Waals surface area contributed by atoms with Crippen molar-refractivity contribution in [3.8, 4) is 34.1 Å². The number of hydrogen-bond acceptors (Lipinski definition) is 8. The number of nitro groups is 1. The van der Waals surface area contributed by atoms with Crippen LogP contribution >= 0.6 is 11.3 Å². The van der Waals surface area contributed by atoms with E-state index in [1.165, 1.54) is 28.0 Å². The van der Waals surface area contributed by atoms with E-state index in [1.54, 1.807) is 22.9 Å². The number of nitrogens with zero attached hydrogens (tertiary/aromatic N) is 6. The molecule has 0 saturated heterocycles. The predicted octanol–water partition coefficient (Wildman–Crippen LogP) is 4.53. The minimum Gasteiger partial charge on any atom is -0.494 e. The number of hydrogen-bond donors (Lipinski definition) is 0. The second kappa shape index (κ2) is 9.95. The van der Waals surface area contributed by atoms with Crippen molar-refractivity contribution in [2.24, 2.45) is 0 Å². The fourth-order valence-corrected chi connectivity index (χ4v) is 5.03. The lowest BCUT2D eigenvalue weighted by molar-refractivity contribution is -0.384. The van der Waals surface area contributed by atoms with Crippen molar-refractivity contribution in [2.45, 2.75) is 6.92 Å². The van der Waals surface area contributed by atoms with E-state index in [9.17, 15) is 14.9 Å². The fourth-order valence-electron chi connectivity index (χ4n) is 4.14. The molecule has 0 N–H and O–H groups in total. The molecule has 0 radical (unpaired) electrons. The number of ether oxygens (including phenoxy) is 1. The van der Waals surface area contributed by atoms with E-state index in [0.29, 0.717) is 38.7 Å². The van der Waals surface area contributed by atoms with Crippen LogP contribution in [0.3, 0.4) is 0 Å². The highest BCUT2D eigenvalue weighted by molar-refractivity contribution is 7.15. The molecule has 0 aliphatic rings. The van der Waals surface area contributed by atoms with Crippen molar-refractivity contribution in [3.05, 3.63) is 116 Å². The van der Waals surface area contributed by atoms with Crippen LogP contribution in [0.5, 0.6) is 5.75 Å². The maximum Gasteiger partial charge on any atom is 0.291 e. The van der Waals surface area contributed by atoms with E-state index in [2.05, 4.69) is 10.1 Å². The van der Waals surface area contributed by atoms with Gasteiger partial charge in [-0.05, 0) is 61.5 Å². The lowest BCUT2D eigenvalue weighted by Gasteiger charge is -2.02. The topological polar surface area (TPSA) is 117 Å². The summed E-state index contributed by atoms with van der Waals surface area (Å²) in [7, 11) is 0. The van der Waals surface area contributed by atoms with Crippen LogP contribution in [0.4, 0.5) is 5.69 Å². The van der Waals surface area contributed by atoms with E-state index in [4.69, 9.17) is 9.84 Å². The zero-order valence-electron chi connectivity index (χ0n) is 20.6. The molecule has 0 aliphatic heterocycles. The molecule has 10 nitrogen and oxygen atoms in total. The summed E-state index contributed by atoms with van der Waals surface area (Å²) in [6, 6.07) is 23.1. The minimum absolute atomic E-state index is 0.0116. The number of benzene rings is 3. The van der Waals surface area contributed by atoms with Crippen LogP contribution in [0.1, 0.15) is 12.5 Å². The maximum absolute atomic E-state index is 13.3. The monoisotopic (exact) mass is 536 g/mol. The first-order valence-corrected chi connectivity index (χ1v) is 12.9. The highest BCUT2D eigenvalue weighted by Gasteiger charge is 2.16. The van der Waals surface area contributed by atoms with Gasteiger partial charge in [0.25, 0.3) is 11.2 Å². The molecule has 0 spiro atoms. The number of nitro benzene ring substituents is 1. The standard InChI is InChI=1S/C28H20N6O4S/c1-2-38-23-14-10-19(11-15-23)26-29-28-33(31-26)27(35)24(39-28)16-20-17-32(21-6-4-3-5-7-21)30-25(20)18-8-12-22(13-9-18)34(36)37/h3-17H,2H2,1H3. The van der Waals surface area contributed by atoms with Crippen LogP contribution < -0.4 is 14.8 Å². The Bertz CT molecular complexity index is 1910. The third kappa shape index (κ3) is 4.66. The normalized spacial score (nSPS) is 11.8. The van der Waals surface area contributed by atoms with Crippen LogP contribution in [0.15, 0.2) is 89.9 Å². The molecular weight excluding hydrogens is 516 g/mol. The van der Waals surface area contributed by atoms with E-state index < -0.39 is 4.92 Å². The molecule has 3 heterocycles. The SMILES string of the molecule is CCOc1ccc(-c2nc3sc(=Cc4cn(-c5ccccc5)nc4-c4ccc([N+](=O)[O-])cc4)c(=O)n3n2)cc1. The van der Waals surface area contributed by atoms with Gasteiger partial charge in [-0.15, -0.1) is 5.10 Å². The Morgan fingerprint density at radius 3 is 2.36 bits per heavy atom. The van der Waals surface area contributed by atoms with Crippen LogP contribution in [0.2, 0.25) is 0 Å². The molecule has 11 heteroatoms. The second-order valence-corrected chi connectivity index (χ2v) is 9.53. The molecule has 0 unspecified atom stereocenters. The fraction of sp³-hybridized carbons (Fsp3) is 0.0714. The van der Waals surface area contributed by atoms with Gasteiger partial charge in [-0.25, -0.2) is 4.68 Å². The van der Waals surface area contributed by atoms with E-state index >= 15 is 0 Å². The van der Waals surface area contributed by atoms with E-state index in [1.807, 2.05) is 67.7 Å². The Balaban J connectivity index is 1.43. The predicted molar refractivity (Wildman–Crippen MR) is 148 cm³/mol. The number of non-ortho nitro benzene ring substituents is 1. The quantitative estimate of drug-likeness (QED) is 0.217. The zero-order chi connectivity index (χ0) is 26.9. The molecular formula is C28H20N6O4S. The van der Waals surface area contributed by atoms with Crippen molar-refractivity contribution in [1.29, 1.82) is 0 Å². The number of rotatable bonds is 7. The highest BCUT2D eigenvalue weighted by Crippen LogP contribution is 2.27. The van der Waals surface area contributed by atoms with Crippen LogP contribution in [-0.2, 0) is 0 Å². The molecule has 192 valence electrons. The molecule has 0 amide bonds. The lowest BCUT2D eigenvalue weighted by atomic mass is 10.1. The summed E-state index contributed by atoms with van der Waals surface area (Å²) >= 11 is 1.23. The summed E-state index contributed by atoms with van der Waals surface area (Å²) in [4.78, 5) is 29.0. The van der Waals surface area contributed by atoms with Gasteiger partial charge >= 0.3 is 0 Å². The van der Waals surface area contributed by atoms with Gasteiger partial charge in [0, 0.05) is 35.0 Å². The summed E-state index contributed by atoms with van der Waals surface area (Å²) < 4.78 is 8.95. The van der Waals surface area contributed by atoms with Gasteiger partial charge in [0.2, 0.25) is 4.96 Å². The number of thiazole rings is 1. The third-order valence-electron chi connectivity index (χ3n) is 6.01. The molecule has 0 bridgehead atoms. The molecule has 3 aromatic heterocycles. The van der Waals surface area contributed by atoms with Crippen LogP contribution in [0, 0.1) is 10.1 Å². The Labute approximate surface area is 225 Å². The van der Waals surface area contributed by atoms with Crippen molar-refractivity contribution in [2.75, 3.05) is 6.61 Å². The average molecular weight is 537 g/mol. The number of para-hydroxylation sites is 1. The third-order valence-corrected chi connectivity index (χ3v) is 6.97. The highest BCUT2D eigenvalue weighted by atomic mass is 32.1. The number of fused-ring (bicyclic) bond motifs is 1. The van der Waals surface area contributed by atoms with E-state index in [0.717, 1.165) is 17.0 Å². The van der Waals surface area contributed by atoms with Gasteiger partial charge in [0.05, 0.1) is 21.7 Å². The Morgan fingerprint density at radius 1 is 0.974 bits per heavy atom. The molecule has 6 aromatic rings. The first kappa shape index (κ1) is 24.2. The summed E-state index contributed by atoms with van der Waals surface area (Å²) in [6.45, 7) is 2.50. The Morgan fingerprint density at radius 2 is 1.69 bits per heavy atom. The van der Waals surface area contributed by atoms with Crippen LogP contribution in [-0.4, -0.2) is 35.9 Å². The van der Waals surface area contributed by atoms with Crippen molar-refractivity contribution in [1.82, 2.24) is 24.4 Å². The molecule has 6 rings (SSSR count). The van der Waals surface area contributed by atoms with Crippen LogP contribution in [0.25, 0.3) is 39.4 Å². The van der Waals surface area contributed by atoms with Gasteiger partial charge in [-0.2, -0.15) is 14.6 Å². The average Bonchev–Trinajstić information content (AvgIpc) is 3.65. The lowest BCUT2D eigenvalue weighted by Crippen LogP contribution is -2.23. The van der Waals surface area contributed by atoms with Crippen molar-refractivity contribution >= 4 is 28.1 Å². The zero-order valence-corrected chi connectivity index (χ0v) is 21.4. The van der Waals surface area contributed by atoms with Crippen molar-refractivity contribution in [3.63, 3.8) is 0 Å². The largest absolute Gasteiger partial charge is 0.494 e.